The SMILES string of the molecule is C=CCOC(=O)c1sc(N2C(=O)C(=O)/C(=C(/O)c3ccc(OCc4ccccc4C)cc3)C2c2cccs2)nc1C. The first-order valence-corrected chi connectivity index (χ1v) is 14.4. The molecule has 10 heteroatoms. The number of carbonyl (C=O) groups is 3. The van der Waals surface area contributed by atoms with E-state index in [1.807, 2.05) is 36.6 Å². The topological polar surface area (TPSA) is 106 Å². The summed E-state index contributed by atoms with van der Waals surface area (Å²) in [5.74, 6) is -2.00. The van der Waals surface area contributed by atoms with E-state index in [1.165, 1.54) is 22.3 Å². The van der Waals surface area contributed by atoms with Gasteiger partial charge in [0.15, 0.2) is 5.13 Å². The minimum atomic E-state index is -0.922. The third-order valence-corrected chi connectivity index (χ3v) is 8.61. The van der Waals surface area contributed by atoms with Gasteiger partial charge in [-0.1, -0.05) is 54.3 Å². The van der Waals surface area contributed by atoms with Crippen molar-refractivity contribution in [1.82, 2.24) is 4.98 Å². The van der Waals surface area contributed by atoms with E-state index in [4.69, 9.17) is 9.47 Å². The number of hydrogen-bond acceptors (Lipinski definition) is 9. The number of aliphatic hydroxyl groups is 1. The van der Waals surface area contributed by atoms with E-state index in [0.29, 0.717) is 28.5 Å². The summed E-state index contributed by atoms with van der Waals surface area (Å²) >= 11 is 2.29. The summed E-state index contributed by atoms with van der Waals surface area (Å²) < 4.78 is 11.0. The van der Waals surface area contributed by atoms with Crippen LogP contribution in [0, 0.1) is 13.8 Å². The molecule has 1 saturated heterocycles. The van der Waals surface area contributed by atoms with Gasteiger partial charge in [-0.15, -0.1) is 11.3 Å². The Balaban J connectivity index is 1.48. The molecule has 3 heterocycles. The molecule has 1 aliphatic rings. The molecular formula is C31H26N2O6S2. The molecule has 5 rings (SSSR count). The Hall–Kier alpha value is -4.54. The second-order valence-corrected chi connectivity index (χ2v) is 11.2. The lowest BCUT2D eigenvalue weighted by atomic mass is 10.00. The number of Topliss-reactive ketones (excluding diaryl/α,β-unsaturated/α-hetero) is 1. The third-order valence-electron chi connectivity index (χ3n) is 6.55. The summed E-state index contributed by atoms with van der Waals surface area (Å²) in [4.78, 5) is 45.8. The monoisotopic (exact) mass is 586 g/mol. The van der Waals surface area contributed by atoms with E-state index in [-0.39, 0.29) is 27.9 Å². The Kier molecular flexibility index (Phi) is 8.14. The van der Waals surface area contributed by atoms with Gasteiger partial charge in [-0.3, -0.25) is 14.5 Å². The predicted octanol–water partition coefficient (Wildman–Crippen LogP) is 6.37. The van der Waals surface area contributed by atoms with E-state index < -0.39 is 23.7 Å². The van der Waals surface area contributed by atoms with Crippen LogP contribution in [0.2, 0.25) is 0 Å². The number of nitrogens with zero attached hydrogens (tertiary/aromatic N) is 2. The van der Waals surface area contributed by atoms with Crippen LogP contribution >= 0.6 is 22.7 Å². The zero-order valence-electron chi connectivity index (χ0n) is 22.3. The molecule has 0 saturated carbocycles. The Morgan fingerprint density at radius 1 is 1.10 bits per heavy atom. The van der Waals surface area contributed by atoms with Crippen LogP contribution in [0.25, 0.3) is 5.76 Å². The molecule has 1 fully saturated rings. The van der Waals surface area contributed by atoms with Crippen LogP contribution in [0.5, 0.6) is 5.75 Å². The predicted molar refractivity (Wildman–Crippen MR) is 158 cm³/mol. The van der Waals surface area contributed by atoms with Gasteiger partial charge >= 0.3 is 11.9 Å². The number of rotatable bonds is 9. The number of carbonyl (C=O) groups excluding carboxylic acids is 3. The number of benzene rings is 2. The van der Waals surface area contributed by atoms with E-state index in [2.05, 4.69) is 11.6 Å². The standard InChI is InChI=1S/C31H26N2O6S2/c1-4-15-38-30(37)28-19(3)32-31(41-28)33-25(23-10-7-16-40-23)24(27(35)29(33)36)26(34)20-11-13-22(14-12-20)39-17-21-9-6-5-8-18(21)2/h4-14,16,25,34H,1,15,17H2,2-3H3/b26-24+. The van der Waals surface area contributed by atoms with Gasteiger partial charge in [0.2, 0.25) is 0 Å². The van der Waals surface area contributed by atoms with Crippen LogP contribution in [-0.2, 0) is 20.9 Å². The van der Waals surface area contributed by atoms with E-state index in [1.54, 1.807) is 43.3 Å². The van der Waals surface area contributed by atoms with Crippen molar-refractivity contribution in [2.24, 2.45) is 0 Å². The van der Waals surface area contributed by atoms with Crippen molar-refractivity contribution < 1.29 is 29.0 Å². The smallest absolute Gasteiger partial charge is 0.350 e. The Morgan fingerprint density at radius 2 is 1.85 bits per heavy atom. The summed E-state index contributed by atoms with van der Waals surface area (Å²) in [6.45, 7) is 7.60. The zero-order valence-corrected chi connectivity index (χ0v) is 24.0. The number of aryl methyl sites for hydroxylation is 2. The molecule has 2 aromatic carbocycles. The fourth-order valence-electron chi connectivity index (χ4n) is 4.42. The van der Waals surface area contributed by atoms with Gasteiger partial charge in [-0.2, -0.15) is 0 Å². The third kappa shape index (κ3) is 5.57. The molecule has 208 valence electrons. The van der Waals surface area contributed by atoms with Crippen LogP contribution in [0.4, 0.5) is 5.13 Å². The van der Waals surface area contributed by atoms with Crippen molar-refractivity contribution in [3.05, 3.63) is 116 Å². The average Bonchev–Trinajstić information content (AvgIpc) is 3.70. The second-order valence-electron chi connectivity index (χ2n) is 9.22. The summed E-state index contributed by atoms with van der Waals surface area (Å²) in [7, 11) is 0. The molecular weight excluding hydrogens is 560 g/mol. The fourth-order valence-corrected chi connectivity index (χ4v) is 6.23. The second kappa shape index (κ2) is 11.9. The zero-order chi connectivity index (χ0) is 29.1. The van der Waals surface area contributed by atoms with Gasteiger partial charge < -0.3 is 14.6 Å². The highest BCUT2D eigenvalue weighted by molar-refractivity contribution is 7.18. The van der Waals surface area contributed by atoms with Gasteiger partial charge in [0.05, 0.1) is 11.3 Å². The molecule has 1 atom stereocenters. The molecule has 8 nitrogen and oxygen atoms in total. The highest BCUT2D eigenvalue weighted by Gasteiger charge is 2.49. The number of aromatic nitrogens is 1. The molecule has 0 aliphatic carbocycles. The maximum absolute atomic E-state index is 13.4. The highest BCUT2D eigenvalue weighted by atomic mass is 32.1. The quantitative estimate of drug-likeness (QED) is 0.0799. The Bertz CT molecular complexity index is 1650. The van der Waals surface area contributed by atoms with Gasteiger partial charge in [-0.25, -0.2) is 9.78 Å². The number of amides is 1. The Morgan fingerprint density at radius 3 is 2.54 bits per heavy atom. The molecule has 41 heavy (non-hydrogen) atoms. The number of hydrogen-bond donors (Lipinski definition) is 1. The normalized spacial score (nSPS) is 16.1. The lowest BCUT2D eigenvalue weighted by Gasteiger charge is -2.21. The van der Waals surface area contributed by atoms with E-state index >= 15 is 0 Å². The minimum absolute atomic E-state index is 0.0287. The summed E-state index contributed by atoms with van der Waals surface area (Å²) in [6.07, 6.45) is 1.45. The minimum Gasteiger partial charge on any atom is -0.507 e. The van der Waals surface area contributed by atoms with Crippen molar-refractivity contribution >= 4 is 51.2 Å². The molecule has 0 bridgehead atoms. The maximum Gasteiger partial charge on any atom is 0.350 e. The first kappa shape index (κ1) is 28.0. The van der Waals surface area contributed by atoms with Crippen molar-refractivity contribution in [3.63, 3.8) is 0 Å². The summed E-state index contributed by atoms with van der Waals surface area (Å²) in [6, 6.07) is 17.3. The number of thiophene rings is 1. The number of anilines is 1. The lowest BCUT2D eigenvalue weighted by Crippen LogP contribution is -2.29. The maximum atomic E-state index is 13.4. The molecule has 1 unspecified atom stereocenters. The van der Waals surface area contributed by atoms with Gasteiger partial charge in [-0.05, 0) is 60.7 Å². The molecule has 0 spiro atoms. The first-order chi connectivity index (χ1) is 19.8. The van der Waals surface area contributed by atoms with Crippen molar-refractivity contribution in [2.75, 3.05) is 11.5 Å². The van der Waals surface area contributed by atoms with Gasteiger partial charge in [0.1, 0.15) is 35.6 Å². The fraction of sp³-hybridized carbons (Fsp3) is 0.161. The summed E-state index contributed by atoms with van der Waals surface area (Å²) in [5.41, 5.74) is 2.85. The van der Waals surface area contributed by atoms with Crippen molar-refractivity contribution in [1.29, 1.82) is 0 Å². The van der Waals surface area contributed by atoms with Crippen molar-refractivity contribution in [3.8, 4) is 5.75 Å². The Labute approximate surface area is 244 Å². The van der Waals surface area contributed by atoms with Crippen molar-refractivity contribution in [2.45, 2.75) is 26.5 Å². The lowest BCUT2D eigenvalue weighted by molar-refractivity contribution is -0.132. The average molecular weight is 587 g/mol. The number of thiazole rings is 1. The van der Waals surface area contributed by atoms with Crippen LogP contribution in [0.15, 0.2) is 84.3 Å². The number of aliphatic hydroxyl groups excluding tert-OH is 1. The van der Waals surface area contributed by atoms with E-state index in [0.717, 1.165) is 22.5 Å². The number of ether oxygens (including phenoxy) is 2. The highest BCUT2D eigenvalue weighted by Crippen LogP contribution is 2.45. The molecule has 1 N–H and O–H groups in total. The van der Waals surface area contributed by atoms with Gasteiger partial charge in [0.25, 0.3) is 5.78 Å². The molecule has 1 aliphatic heterocycles. The number of esters is 1. The van der Waals surface area contributed by atoms with Crippen LogP contribution < -0.4 is 9.64 Å². The molecule has 2 aromatic heterocycles. The molecule has 1 amide bonds. The first-order valence-electron chi connectivity index (χ1n) is 12.7. The van der Waals surface area contributed by atoms with Crippen LogP contribution in [-0.4, -0.2) is 34.4 Å². The van der Waals surface area contributed by atoms with Gasteiger partial charge in [0, 0.05) is 10.4 Å². The molecule has 4 aromatic rings. The van der Waals surface area contributed by atoms with E-state index in [9.17, 15) is 19.5 Å². The van der Waals surface area contributed by atoms with Crippen LogP contribution in [0.1, 0.15) is 43.0 Å². The summed E-state index contributed by atoms with van der Waals surface area (Å²) in [5, 5.41) is 13.3. The van der Waals surface area contributed by atoms with Crippen LogP contribution in [0.3, 0.4) is 0 Å². The number of ketones is 1. The molecule has 0 radical (unpaired) electrons. The largest absolute Gasteiger partial charge is 0.507 e.